The predicted molar refractivity (Wildman–Crippen MR) is 78.5 cm³/mol. The summed E-state index contributed by atoms with van der Waals surface area (Å²) in [5, 5.41) is 0. The molecule has 0 aromatic carbocycles. The van der Waals surface area contributed by atoms with E-state index in [2.05, 4.69) is 9.97 Å². The third-order valence-corrected chi connectivity index (χ3v) is 3.83. The van der Waals surface area contributed by atoms with Crippen LogP contribution in [0.5, 0.6) is 5.88 Å². The third kappa shape index (κ3) is 3.40. The maximum atomic E-state index is 12.7. The standard InChI is InChI=1S/C15H15F3N4O2/c1-24-12-3-2-9(6-19-12)7-22-5-4-11-10(8-22)13(23)21-14(20-11)15(16,17)18/h2-3,6H,4-5,7-8H2,1H3,(H,20,21,23). The second kappa shape index (κ2) is 6.23. The molecule has 2 aromatic rings. The molecule has 1 aliphatic rings. The Morgan fingerprint density at radius 1 is 1.38 bits per heavy atom. The normalized spacial score (nSPS) is 15.2. The van der Waals surface area contributed by atoms with Crippen molar-refractivity contribution >= 4 is 0 Å². The highest BCUT2D eigenvalue weighted by Gasteiger charge is 2.35. The van der Waals surface area contributed by atoms with Gasteiger partial charge in [0.25, 0.3) is 5.56 Å². The number of alkyl halides is 3. The van der Waals surface area contributed by atoms with E-state index in [-0.39, 0.29) is 17.8 Å². The molecule has 0 spiro atoms. The van der Waals surface area contributed by atoms with Gasteiger partial charge in [-0.25, -0.2) is 9.97 Å². The molecule has 9 heteroatoms. The number of fused-ring (bicyclic) bond motifs is 1. The number of ether oxygens (including phenoxy) is 1. The van der Waals surface area contributed by atoms with E-state index in [4.69, 9.17) is 4.74 Å². The van der Waals surface area contributed by atoms with Gasteiger partial charge in [0.05, 0.1) is 18.4 Å². The van der Waals surface area contributed by atoms with Crippen LogP contribution in [0.4, 0.5) is 13.2 Å². The molecule has 0 unspecified atom stereocenters. The van der Waals surface area contributed by atoms with Crippen LogP contribution in [0.25, 0.3) is 0 Å². The second-order valence-electron chi connectivity index (χ2n) is 5.51. The van der Waals surface area contributed by atoms with Crippen LogP contribution in [-0.4, -0.2) is 33.5 Å². The fraction of sp³-hybridized carbons (Fsp3) is 0.400. The Bertz CT molecular complexity index is 787. The van der Waals surface area contributed by atoms with Gasteiger partial charge in [-0.05, 0) is 5.56 Å². The second-order valence-corrected chi connectivity index (χ2v) is 5.51. The fourth-order valence-electron chi connectivity index (χ4n) is 2.63. The molecule has 0 aliphatic carbocycles. The first kappa shape index (κ1) is 16.4. The molecule has 0 atom stereocenters. The Morgan fingerprint density at radius 2 is 2.17 bits per heavy atom. The number of nitrogens with one attached hydrogen (secondary N) is 1. The zero-order valence-electron chi connectivity index (χ0n) is 12.9. The molecule has 24 heavy (non-hydrogen) atoms. The molecule has 0 fully saturated rings. The highest BCUT2D eigenvalue weighted by Crippen LogP contribution is 2.26. The number of methoxy groups -OCH3 is 1. The minimum atomic E-state index is -4.65. The van der Waals surface area contributed by atoms with Crippen LogP contribution >= 0.6 is 0 Å². The van der Waals surface area contributed by atoms with Crippen molar-refractivity contribution in [3.63, 3.8) is 0 Å². The summed E-state index contributed by atoms with van der Waals surface area (Å²) in [5.74, 6) is -0.734. The van der Waals surface area contributed by atoms with Gasteiger partial charge in [0.2, 0.25) is 11.7 Å². The summed E-state index contributed by atoms with van der Waals surface area (Å²) < 4.78 is 43.1. The van der Waals surface area contributed by atoms with E-state index in [0.717, 1.165) is 5.56 Å². The van der Waals surface area contributed by atoms with Gasteiger partial charge in [-0.1, -0.05) is 6.07 Å². The largest absolute Gasteiger partial charge is 0.481 e. The first-order valence-electron chi connectivity index (χ1n) is 7.27. The molecular weight excluding hydrogens is 325 g/mol. The van der Waals surface area contributed by atoms with Gasteiger partial charge in [-0.15, -0.1) is 0 Å². The van der Waals surface area contributed by atoms with E-state index in [1.165, 1.54) is 7.11 Å². The molecule has 1 aliphatic heterocycles. The fourth-order valence-corrected chi connectivity index (χ4v) is 2.63. The Hall–Kier alpha value is -2.42. The molecule has 3 rings (SSSR count). The smallest absolute Gasteiger partial charge is 0.449 e. The number of pyridine rings is 1. The third-order valence-electron chi connectivity index (χ3n) is 3.83. The number of halogens is 3. The average molecular weight is 340 g/mol. The monoisotopic (exact) mass is 340 g/mol. The van der Waals surface area contributed by atoms with E-state index in [1.807, 2.05) is 16.0 Å². The SMILES string of the molecule is COc1ccc(CN2CCc3nc(C(F)(F)F)[nH]c(=O)c3C2)cn1. The van der Waals surface area contributed by atoms with E-state index in [0.29, 0.717) is 25.4 Å². The zero-order chi connectivity index (χ0) is 17.3. The summed E-state index contributed by atoms with van der Waals surface area (Å²) in [5.41, 5.74) is 0.700. The minimum Gasteiger partial charge on any atom is -0.481 e. The van der Waals surface area contributed by atoms with E-state index >= 15 is 0 Å². The average Bonchev–Trinajstić information content (AvgIpc) is 2.55. The van der Waals surface area contributed by atoms with Crippen LogP contribution in [-0.2, 0) is 25.7 Å². The summed E-state index contributed by atoms with van der Waals surface area (Å²) >= 11 is 0. The zero-order valence-corrected chi connectivity index (χ0v) is 12.9. The van der Waals surface area contributed by atoms with Crippen LogP contribution in [0.15, 0.2) is 23.1 Å². The topological polar surface area (TPSA) is 71.1 Å². The van der Waals surface area contributed by atoms with Crippen molar-refractivity contribution in [2.24, 2.45) is 0 Å². The van der Waals surface area contributed by atoms with Gasteiger partial charge in [0, 0.05) is 38.3 Å². The van der Waals surface area contributed by atoms with Crippen molar-refractivity contribution in [2.45, 2.75) is 25.7 Å². The van der Waals surface area contributed by atoms with Crippen LogP contribution in [0.2, 0.25) is 0 Å². The van der Waals surface area contributed by atoms with Crippen LogP contribution < -0.4 is 10.3 Å². The van der Waals surface area contributed by atoms with E-state index in [9.17, 15) is 18.0 Å². The Labute approximate surface area is 135 Å². The van der Waals surface area contributed by atoms with Crippen LogP contribution in [0.1, 0.15) is 22.6 Å². The quantitative estimate of drug-likeness (QED) is 0.922. The summed E-state index contributed by atoms with van der Waals surface area (Å²) in [7, 11) is 1.53. The lowest BCUT2D eigenvalue weighted by Gasteiger charge is -2.27. The molecule has 0 bridgehead atoms. The molecule has 0 saturated heterocycles. The van der Waals surface area contributed by atoms with Gasteiger partial charge < -0.3 is 9.72 Å². The van der Waals surface area contributed by atoms with Crippen molar-refractivity contribution in [3.8, 4) is 5.88 Å². The summed E-state index contributed by atoms with van der Waals surface area (Å²) in [6.45, 7) is 1.31. The number of aromatic amines is 1. The first-order chi connectivity index (χ1) is 11.4. The summed E-state index contributed by atoms with van der Waals surface area (Å²) in [6, 6.07) is 3.59. The molecular formula is C15H15F3N4O2. The molecule has 6 nitrogen and oxygen atoms in total. The summed E-state index contributed by atoms with van der Waals surface area (Å²) in [6.07, 6.45) is -2.68. The van der Waals surface area contributed by atoms with Crippen molar-refractivity contribution < 1.29 is 17.9 Å². The Balaban J connectivity index is 1.78. The lowest BCUT2D eigenvalue weighted by molar-refractivity contribution is -0.145. The predicted octanol–water partition coefficient (Wildman–Crippen LogP) is 1.75. The first-order valence-corrected chi connectivity index (χ1v) is 7.27. The molecule has 1 N–H and O–H groups in total. The number of H-pyrrole nitrogens is 1. The van der Waals surface area contributed by atoms with Crippen molar-refractivity contribution in [3.05, 3.63) is 51.3 Å². The number of nitrogens with zero attached hydrogens (tertiary/aromatic N) is 3. The van der Waals surface area contributed by atoms with Gasteiger partial charge in [-0.3, -0.25) is 9.69 Å². The number of rotatable bonds is 3. The van der Waals surface area contributed by atoms with Gasteiger partial charge in [0.15, 0.2) is 0 Å². The highest BCUT2D eigenvalue weighted by atomic mass is 19.4. The maximum absolute atomic E-state index is 12.7. The maximum Gasteiger partial charge on any atom is 0.449 e. The van der Waals surface area contributed by atoms with E-state index in [1.54, 1.807) is 12.3 Å². The molecule has 0 saturated carbocycles. The lowest BCUT2D eigenvalue weighted by Crippen LogP contribution is -2.36. The number of aromatic nitrogens is 3. The van der Waals surface area contributed by atoms with E-state index < -0.39 is 17.6 Å². The number of hydrogen-bond donors (Lipinski definition) is 1. The Kier molecular flexibility index (Phi) is 4.27. The van der Waals surface area contributed by atoms with Crippen molar-refractivity contribution in [1.29, 1.82) is 0 Å². The molecule has 3 heterocycles. The summed E-state index contributed by atoms with van der Waals surface area (Å²) in [4.78, 5) is 23.4. The molecule has 0 amide bonds. The number of hydrogen-bond acceptors (Lipinski definition) is 5. The molecule has 0 radical (unpaired) electrons. The Morgan fingerprint density at radius 3 is 2.79 bits per heavy atom. The lowest BCUT2D eigenvalue weighted by atomic mass is 10.1. The van der Waals surface area contributed by atoms with Gasteiger partial charge >= 0.3 is 6.18 Å². The highest BCUT2D eigenvalue weighted by molar-refractivity contribution is 5.23. The van der Waals surface area contributed by atoms with Crippen molar-refractivity contribution in [2.75, 3.05) is 13.7 Å². The molecule has 2 aromatic heterocycles. The van der Waals surface area contributed by atoms with Gasteiger partial charge in [0.1, 0.15) is 0 Å². The van der Waals surface area contributed by atoms with Crippen molar-refractivity contribution in [1.82, 2.24) is 19.9 Å². The minimum absolute atomic E-state index is 0.218. The van der Waals surface area contributed by atoms with Crippen LogP contribution in [0.3, 0.4) is 0 Å². The molecule has 128 valence electrons. The van der Waals surface area contributed by atoms with Crippen LogP contribution in [0, 0.1) is 0 Å². The van der Waals surface area contributed by atoms with Gasteiger partial charge in [-0.2, -0.15) is 13.2 Å².